The Morgan fingerprint density at radius 2 is 1.84 bits per heavy atom. The summed E-state index contributed by atoms with van der Waals surface area (Å²) in [5, 5.41) is 0. The van der Waals surface area contributed by atoms with Crippen LogP contribution in [-0.2, 0) is 0 Å². The molecule has 4 heteroatoms. The first-order chi connectivity index (χ1) is 9.11. The predicted molar refractivity (Wildman–Crippen MR) is 79.3 cm³/mol. The molecule has 0 atom stereocenters. The molecule has 0 unspecified atom stereocenters. The molecule has 0 aliphatic heterocycles. The number of nitrogens with two attached hydrogens (primary N) is 2. The molecule has 0 radical (unpaired) electrons. The van der Waals surface area contributed by atoms with E-state index in [1.165, 1.54) is 38.5 Å². The van der Waals surface area contributed by atoms with Gasteiger partial charge in [0.15, 0.2) is 0 Å². The number of carbonyl (C=O) groups is 1. The molecule has 0 aromatic heterocycles. The van der Waals surface area contributed by atoms with Crippen LogP contribution in [0, 0.1) is 0 Å². The minimum atomic E-state index is -0.464. The molecule has 0 heterocycles. The first-order valence-electron chi connectivity index (χ1n) is 7.02. The second-order valence-electron chi connectivity index (χ2n) is 5.36. The smallest absolute Gasteiger partial charge is 0.250 e. The van der Waals surface area contributed by atoms with E-state index in [0.717, 1.165) is 5.69 Å². The number of primary amides is 1. The van der Waals surface area contributed by atoms with Crippen molar-refractivity contribution in [1.29, 1.82) is 0 Å². The van der Waals surface area contributed by atoms with E-state index in [1.807, 2.05) is 12.1 Å². The Hall–Kier alpha value is -1.71. The van der Waals surface area contributed by atoms with Crippen LogP contribution in [0.4, 0.5) is 11.4 Å². The Kier molecular flexibility index (Phi) is 4.30. The molecule has 0 bridgehead atoms. The number of carbonyl (C=O) groups excluding carboxylic acids is 1. The van der Waals surface area contributed by atoms with E-state index < -0.39 is 5.91 Å². The van der Waals surface area contributed by atoms with Crippen LogP contribution < -0.4 is 16.4 Å². The fraction of sp³-hybridized carbons (Fsp3) is 0.533. The van der Waals surface area contributed by atoms with Crippen molar-refractivity contribution in [2.24, 2.45) is 5.73 Å². The van der Waals surface area contributed by atoms with E-state index in [1.54, 1.807) is 6.07 Å². The number of nitrogens with zero attached hydrogens (tertiary/aromatic N) is 1. The van der Waals surface area contributed by atoms with E-state index in [2.05, 4.69) is 11.9 Å². The largest absolute Gasteiger partial charge is 0.396 e. The zero-order valence-electron chi connectivity index (χ0n) is 11.6. The first kappa shape index (κ1) is 13.7. The highest BCUT2D eigenvalue weighted by Crippen LogP contribution is 2.31. The molecule has 104 valence electrons. The van der Waals surface area contributed by atoms with Gasteiger partial charge in [-0.1, -0.05) is 31.7 Å². The van der Waals surface area contributed by atoms with Crippen LogP contribution in [0.1, 0.15) is 48.9 Å². The first-order valence-corrected chi connectivity index (χ1v) is 7.02. The molecule has 1 aliphatic rings. The molecule has 0 spiro atoms. The summed E-state index contributed by atoms with van der Waals surface area (Å²) in [6.07, 6.45) is 7.56. The quantitative estimate of drug-likeness (QED) is 0.648. The number of nitrogen functional groups attached to an aromatic ring is 1. The monoisotopic (exact) mass is 261 g/mol. The van der Waals surface area contributed by atoms with E-state index >= 15 is 0 Å². The predicted octanol–water partition coefficient (Wildman–Crippen LogP) is 2.53. The van der Waals surface area contributed by atoms with Crippen molar-refractivity contribution in [1.82, 2.24) is 0 Å². The van der Waals surface area contributed by atoms with E-state index in [-0.39, 0.29) is 0 Å². The van der Waals surface area contributed by atoms with Gasteiger partial charge in [0.05, 0.1) is 16.9 Å². The van der Waals surface area contributed by atoms with Crippen LogP contribution in [0.25, 0.3) is 0 Å². The lowest BCUT2D eigenvalue weighted by Gasteiger charge is -2.30. The van der Waals surface area contributed by atoms with Crippen molar-refractivity contribution >= 4 is 17.3 Å². The van der Waals surface area contributed by atoms with Crippen molar-refractivity contribution in [3.05, 3.63) is 23.8 Å². The number of hydrogen-bond donors (Lipinski definition) is 2. The Balaban J connectivity index is 2.25. The maximum Gasteiger partial charge on any atom is 0.250 e. The molecule has 19 heavy (non-hydrogen) atoms. The third-order valence-electron chi connectivity index (χ3n) is 4.10. The molecule has 1 fully saturated rings. The maximum absolute atomic E-state index is 11.4. The maximum atomic E-state index is 11.4. The topological polar surface area (TPSA) is 72.3 Å². The van der Waals surface area contributed by atoms with Crippen molar-refractivity contribution < 1.29 is 4.79 Å². The molecule has 1 aromatic rings. The van der Waals surface area contributed by atoms with E-state index in [9.17, 15) is 4.79 Å². The molecule has 1 aliphatic carbocycles. The van der Waals surface area contributed by atoms with Gasteiger partial charge in [-0.05, 0) is 25.0 Å². The van der Waals surface area contributed by atoms with E-state index in [4.69, 9.17) is 11.5 Å². The molecule has 2 rings (SSSR count). The van der Waals surface area contributed by atoms with Crippen LogP contribution >= 0.6 is 0 Å². The molecule has 4 N–H and O–H groups in total. The van der Waals surface area contributed by atoms with Gasteiger partial charge in [0.25, 0.3) is 5.91 Å². The summed E-state index contributed by atoms with van der Waals surface area (Å²) in [7, 11) is 2.06. The molecule has 1 amide bonds. The van der Waals surface area contributed by atoms with Crippen LogP contribution in [0.3, 0.4) is 0 Å². The second-order valence-corrected chi connectivity index (χ2v) is 5.36. The van der Waals surface area contributed by atoms with Crippen molar-refractivity contribution in [3.8, 4) is 0 Å². The number of benzene rings is 1. The third-order valence-corrected chi connectivity index (χ3v) is 4.10. The zero-order chi connectivity index (χ0) is 13.8. The Bertz CT molecular complexity index is 451. The minimum absolute atomic E-state index is 0.415. The van der Waals surface area contributed by atoms with Gasteiger partial charge in [-0.3, -0.25) is 4.79 Å². The summed E-state index contributed by atoms with van der Waals surface area (Å²) >= 11 is 0. The van der Waals surface area contributed by atoms with Crippen LogP contribution in [0.5, 0.6) is 0 Å². The van der Waals surface area contributed by atoms with Crippen molar-refractivity contribution in [2.75, 3.05) is 17.7 Å². The summed E-state index contributed by atoms with van der Waals surface area (Å²) < 4.78 is 0. The SMILES string of the molecule is CN(c1cccc(C(N)=O)c1N)C1CCCCCC1. The third kappa shape index (κ3) is 3.00. The standard InChI is InChI=1S/C15H23N3O/c1-18(11-7-4-2-3-5-8-11)13-10-6-9-12(14(13)16)15(17)19/h6,9-11H,2-5,7-8,16H2,1H3,(H2,17,19). The van der Waals surface area contributed by atoms with Crippen LogP contribution in [0.2, 0.25) is 0 Å². The summed E-state index contributed by atoms with van der Waals surface area (Å²) in [4.78, 5) is 13.6. The lowest BCUT2D eigenvalue weighted by Crippen LogP contribution is -2.32. The van der Waals surface area contributed by atoms with Crippen LogP contribution in [0.15, 0.2) is 18.2 Å². The van der Waals surface area contributed by atoms with E-state index in [0.29, 0.717) is 17.3 Å². The fourth-order valence-corrected chi connectivity index (χ4v) is 2.92. The lowest BCUT2D eigenvalue weighted by molar-refractivity contribution is 0.100. The molecular formula is C15H23N3O. The van der Waals surface area contributed by atoms with Crippen molar-refractivity contribution in [3.63, 3.8) is 0 Å². The normalized spacial score (nSPS) is 16.9. The Labute approximate surface area is 114 Å². The van der Waals surface area contributed by atoms with Gasteiger partial charge >= 0.3 is 0 Å². The number of rotatable bonds is 3. The zero-order valence-corrected chi connectivity index (χ0v) is 11.6. The fourth-order valence-electron chi connectivity index (χ4n) is 2.92. The van der Waals surface area contributed by atoms with Gasteiger partial charge in [0.2, 0.25) is 0 Å². The Morgan fingerprint density at radius 1 is 1.21 bits per heavy atom. The highest BCUT2D eigenvalue weighted by Gasteiger charge is 2.20. The average Bonchev–Trinajstić information content (AvgIpc) is 2.66. The van der Waals surface area contributed by atoms with Gasteiger partial charge in [-0.2, -0.15) is 0 Å². The Morgan fingerprint density at radius 3 is 2.42 bits per heavy atom. The number of amides is 1. The number of hydrogen-bond acceptors (Lipinski definition) is 3. The van der Waals surface area contributed by atoms with Gasteiger partial charge in [-0.15, -0.1) is 0 Å². The highest BCUT2D eigenvalue weighted by atomic mass is 16.1. The summed E-state index contributed by atoms with van der Waals surface area (Å²) in [6, 6.07) is 6.00. The molecule has 0 saturated heterocycles. The van der Waals surface area contributed by atoms with Crippen molar-refractivity contribution in [2.45, 2.75) is 44.6 Å². The summed E-state index contributed by atoms with van der Waals surface area (Å²) in [6.45, 7) is 0. The highest BCUT2D eigenvalue weighted by molar-refractivity contribution is 6.00. The second kappa shape index (κ2) is 5.95. The van der Waals surface area contributed by atoms with Crippen LogP contribution in [-0.4, -0.2) is 19.0 Å². The number of anilines is 2. The molecule has 1 saturated carbocycles. The lowest BCUT2D eigenvalue weighted by atomic mass is 10.0. The minimum Gasteiger partial charge on any atom is -0.396 e. The number of para-hydroxylation sites is 1. The summed E-state index contributed by atoms with van der Waals surface area (Å²) in [5.74, 6) is -0.464. The van der Waals surface area contributed by atoms with Gasteiger partial charge in [0.1, 0.15) is 0 Å². The van der Waals surface area contributed by atoms with Gasteiger partial charge in [0, 0.05) is 13.1 Å². The molecular weight excluding hydrogens is 238 g/mol. The molecule has 1 aromatic carbocycles. The van der Waals surface area contributed by atoms with Gasteiger partial charge in [-0.25, -0.2) is 0 Å². The molecule has 4 nitrogen and oxygen atoms in total. The van der Waals surface area contributed by atoms with Gasteiger partial charge < -0.3 is 16.4 Å². The average molecular weight is 261 g/mol. The summed E-state index contributed by atoms with van der Waals surface area (Å²) in [5.41, 5.74) is 13.3.